The van der Waals surface area contributed by atoms with Gasteiger partial charge in [-0.15, -0.1) is 17.5 Å². The first kappa shape index (κ1) is 15.3. The molecule has 2 heteroatoms. The van der Waals surface area contributed by atoms with E-state index in [0.717, 1.165) is 25.7 Å². The molecule has 0 radical (unpaired) electrons. The van der Waals surface area contributed by atoms with Gasteiger partial charge in [0.05, 0.1) is 0 Å². The van der Waals surface area contributed by atoms with Crippen molar-refractivity contribution in [2.75, 3.05) is 12.5 Å². The van der Waals surface area contributed by atoms with E-state index in [-0.39, 0.29) is 6.61 Å². The minimum absolute atomic E-state index is 0.0365. The second-order valence-corrected chi connectivity index (χ2v) is 4.09. The van der Waals surface area contributed by atoms with Gasteiger partial charge in [0.2, 0.25) is 0 Å². The van der Waals surface area contributed by atoms with Gasteiger partial charge in [-0.2, -0.15) is 0 Å². The van der Waals surface area contributed by atoms with Crippen LogP contribution in [0.2, 0.25) is 0 Å². The van der Waals surface area contributed by atoms with Crippen molar-refractivity contribution in [2.24, 2.45) is 0 Å². The average Bonchev–Trinajstić information content (AvgIpc) is 2.28. The molecule has 16 heavy (non-hydrogen) atoms. The molecule has 0 aliphatic rings. The number of halogens is 1. The molecule has 1 N–H and O–H groups in total. The van der Waals surface area contributed by atoms with Crippen molar-refractivity contribution in [1.29, 1.82) is 0 Å². The molecule has 0 saturated carbocycles. The zero-order chi connectivity index (χ0) is 12.2. The molecule has 0 atom stereocenters. The summed E-state index contributed by atoms with van der Waals surface area (Å²) in [5.74, 6) is 6.16. The first-order valence-corrected chi connectivity index (χ1v) is 6.18. The van der Waals surface area contributed by atoms with Crippen molar-refractivity contribution in [3.8, 4) is 11.8 Å². The number of aliphatic hydroxyl groups excluding tert-OH is 1. The second kappa shape index (κ2) is 10.8. The number of unbranched alkanes of at least 4 members (excludes halogenated alkanes) is 1. The lowest BCUT2D eigenvalue weighted by molar-refractivity contribution is 0.350. The third kappa shape index (κ3) is 9.83. The predicted molar refractivity (Wildman–Crippen MR) is 71.6 cm³/mol. The van der Waals surface area contributed by atoms with Gasteiger partial charge in [0, 0.05) is 12.3 Å². The summed E-state index contributed by atoms with van der Waals surface area (Å²) < 4.78 is 0. The van der Waals surface area contributed by atoms with E-state index in [4.69, 9.17) is 16.7 Å². The van der Waals surface area contributed by atoms with E-state index < -0.39 is 0 Å². The van der Waals surface area contributed by atoms with E-state index in [1.807, 2.05) is 0 Å². The van der Waals surface area contributed by atoms with Crippen molar-refractivity contribution in [2.45, 2.75) is 39.5 Å². The molecular formula is C14H21ClO. The topological polar surface area (TPSA) is 20.2 Å². The van der Waals surface area contributed by atoms with Crippen molar-refractivity contribution < 1.29 is 5.11 Å². The van der Waals surface area contributed by atoms with Crippen LogP contribution in [0.4, 0.5) is 0 Å². The lowest BCUT2D eigenvalue weighted by Gasteiger charge is -1.98. The van der Waals surface area contributed by atoms with Gasteiger partial charge < -0.3 is 5.11 Å². The first-order chi connectivity index (χ1) is 7.70. The molecule has 0 bridgehead atoms. The molecule has 0 aromatic rings. The van der Waals surface area contributed by atoms with Gasteiger partial charge in [-0.25, -0.2) is 0 Å². The summed E-state index contributed by atoms with van der Waals surface area (Å²) in [6.07, 6.45) is 8.35. The monoisotopic (exact) mass is 240 g/mol. The molecule has 0 rings (SSSR count). The van der Waals surface area contributed by atoms with Gasteiger partial charge >= 0.3 is 0 Å². The Morgan fingerprint density at radius 1 is 1.12 bits per heavy atom. The van der Waals surface area contributed by atoms with Crippen molar-refractivity contribution in [3.05, 3.63) is 23.3 Å². The smallest absolute Gasteiger partial charge is 0.104 e. The molecule has 0 fully saturated rings. The van der Waals surface area contributed by atoms with Gasteiger partial charge in [-0.05, 0) is 33.1 Å². The molecule has 0 aromatic carbocycles. The van der Waals surface area contributed by atoms with Crippen LogP contribution in [0.1, 0.15) is 39.5 Å². The minimum atomic E-state index is -0.0365. The third-order valence-electron chi connectivity index (χ3n) is 2.21. The summed E-state index contributed by atoms with van der Waals surface area (Å²) in [6.45, 7) is 4.16. The van der Waals surface area contributed by atoms with Crippen LogP contribution in [0.25, 0.3) is 0 Å². The number of alkyl halides is 1. The van der Waals surface area contributed by atoms with Crippen LogP contribution in [0, 0.1) is 11.8 Å². The SMILES string of the molecule is C/C(=C\CC/C(C)=C/CCC#CCO)CCl. The molecule has 0 heterocycles. The predicted octanol–water partition coefficient (Wildman–Crippen LogP) is 3.67. The van der Waals surface area contributed by atoms with E-state index in [1.54, 1.807) is 0 Å². The van der Waals surface area contributed by atoms with E-state index >= 15 is 0 Å². The summed E-state index contributed by atoms with van der Waals surface area (Å²) in [5.41, 5.74) is 2.63. The zero-order valence-electron chi connectivity index (χ0n) is 10.2. The molecule has 0 amide bonds. The van der Waals surface area contributed by atoms with E-state index in [0.29, 0.717) is 5.88 Å². The van der Waals surface area contributed by atoms with Crippen LogP contribution >= 0.6 is 11.6 Å². The molecular weight excluding hydrogens is 220 g/mol. The Morgan fingerprint density at radius 3 is 2.44 bits per heavy atom. The van der Waals surface area contributed by atoms with Crippen molar-refractivity contribution in [1.82, 2.24) is 0 Å². The largest absolute Gasteiger partial charge is 0.384 e. The van der Waals surface area contributed by atoms with Crippen LogP contribution < -0.4 is 0 Å². The van der Waals surface area contributed by atoms with Crippen LogP contribution in [0.15, 0.2) is 23.3 Å². The van der Waals surface area contributed by atoms with Crippen LogP contribution in [0.3, 0.4) is 0 Å². The van der Waals surface area contributed by atoms with E-state index in [9.17, 15) is 0 Å². The first-order valence-electron chi connectivity index (χ1n) is 5.64. The fraction of sp³-hybridized carbons (Fsp3) is 0.571. The molecule has 0 aliphatic carbocycles. The third-order valence-corrected chi connectivity index (χ3v) is 2.63. The molecule has 1 nitrogen and oxygen atoms in total. The standard InChI is InChI=1S/C14H21ClO/c1-13(8-5-3-4-6-11-16)9-7-10-14(2)12-15/h8,10,16H,3,5,7,9,11-12H2,1-2H3/b13-8+,14-10+. The lowest BCUT2D eigenvalue weighted by atomic mass is 10.1. The Hall–Kier alpha value is -0.710. The Balaban J connectivity index is 3.71. The summed E-state index contributed by atoms with van der Waals surface area (Å²) in [6, 6.07) is 0. The lowest BCUT2D eigenvalue weighted by Crippen LogP contribution is -1.80. The number of rotatable bonds is 6. The fourth-order valence-corrected chi connectivity index (χ4v) is 1.35. The highest BCUT2D eigenvalue weighted by atomic mass is 35.5. The summed E-state index contributed by atoms with van der Waals surface area (Å²) in [7, 11) is 0. The Labute approximate surface area is 104 Å². The molecule has 0 aliphatic heterocycles. The molecule has 0 spiro atoms. The van der Waals surface area contributed by atoms with Gasteiger partial charge in [0.1, 0.15) is 6.61 Å². The number of hydrogen-bond acceptors (Lipinski definition) is 1. The maximum Gasteiger partial charge on any atom is 0.104 e. The Bertz CT molecular complexity index is 292. The normalized spacial score (nSPS) is 12.2. The van der Waals surface area contributed by atoms with E-state index in [1.165, 1.54) is 11.1 Å². The molecule has 0 unspecified atom stereocenters. The number of aliphatic hydroxyl groups is 1. The van der Waals surface area contributed by atoms with Gasteiger partial charge in [-0.3, -0.25) is 0 Å². The molecule has 0 saturated heterocycles. The van der Waals surface area contributed by atoms with Crippen molar-refractivity contribution >= 4 is 11.6 Å². The highest BCUT2D eigenvalue weighted by molar-refractivity contribution is 6.19. The minimum Gasteiger partial charge on any atom is -0.384 e. The Kier molecular flexibility index (Phi) is 10.3. The van der Waals surface area contributed by atoms with Crippen LogP contribution in [0.5, 0.6) is 0 Å². The second-order valence-electron chi connectivity index (χ2n) is 3.82. The summed E-state index contributed by atoms with van der Waals surface area (Å²) >= 11 is 5.68. The summed E-state index contributed by atoms with van der Waals surface area (Å²) in [4.78, 5) is 0. The zero-order valence-corrected chi connectivity index (χ0v) is 11.0. The van der Waals surface area contributed by atoms with Gasteiger partial charge in [-0.1, -0.05) is 29.2 Å². The highest BCUT2D eigenvalue weighted by Gasteiger charge is 1.89. The van der Waals surface area contributed by atoms with Gasteiger partial charge in [0.25, 0.3) is 0 Å². The quantitative estimate of drug-likeness (QED) is 0.325. The molecule has 90 valence electrons. The fourth-order valence-electron chi connectivity index (χ4n) is 1.24. The average molecular weight is 241 g/mol. The molecule has 0 aromatic heterocycles. The number of hydrogen-bond donors (Lipinski definition) is 1. The maximum absolute atomic E-state index is 8.46. The van der Waals surface area contributed by atoms with Crippen molar-refractivity contribution in [3.63, 3.8) is 0 Å². The highest BCUT2D eigenvalue weighted by Crippen LogP contribution is 2.08. The van der Waals surface area contributed by atoms with Crippen LogP contribution in [-0.4, -0.2) is 17.6 Å². The summed E-state index contributed by atoms with van der Waals surface area (Å²) in [5, 5.41) is 8.46. The van der Waals surface area contributed by atoms with E-state index in [2.05, 4.69) is 37.8 Å². The maximum atomic E-state index is 8.46. The Morgan fingerprint density at radius 2 is 1.81 bits per heavy atom. The van der Waals surface area contributed by atoms with Gasteiger partial charge in [0.15, 0.2) is 0 Å². The van der Waals surface area contributed by atoms with Crippen LogP contribution in [-0.2, 0) is 0 Å². The number of allylic oxidation sites excluding steroid dienone is 4.